The predicted octanol–water partition coefficient (Wildman–Crippen LogP) is 3.66. The summed E-state index contributed by atoms with van der Waals surface area (Å²) in [7, 11) is 3.66. The second-order valence-electron chi connectivity index (χ2n) is 7.32. The van der Waals surface area contributed by atoms with Crippen molar-refractivity contribution in [2.45, 2.75) is 57.5 Å². The van der Waals surface area contributed by atoms with Crippen molar-refractivity contribution >= 4 is 41.7 Å². The highest BCUT2D eigenvalue weighted by molar-refractivity contribution is 14.0. The van der Waals surface area contributed by atoms with E-state index in [0.717, 1.165) is 34.2 Å². The third-order valence-corrected chi connectivity index (χ3v) is 6.54. The van der Waals surface area contributed by atoms with E-state index in [-0.39, 0.29) is 24.0 Å². The normalized spacial score (nSPS) is 18.7. The fourth-order valence-electron chi connectivity index (χ4n) is 3.47. The van der Waals surface area contributed by atoms with Crippen molar-refractivity contribution < 1.29 is 4.74 Å². The van der Waals surface area contributed by atoms with Crippen LogP contribution in [-0.4, -0.2) is 44.9 Å². The number of aliphatic imine (C=N–C) groups is 1. The predicted molar refractivity (Wildman–Crippen MR) is 135 cm³/mol. The van der Waals surface area contributed by atoms with Gasteiger partial charge in [0, 0.05) is 18.3 Å². The third kappa shape index (κ3) is 7.04. The Labute approximate surface area is 200 Å². The third-order valence-electron chi connectivity index (χ3n) is 5.30. The Balaban J connectivity index is 0.00000320. The summed E-state index contributed by atoms with van der Waals surface area (Å²) in [5.74, 6) is 4.67. The molecule has 1 aliphatic carbocycles. The zero-order chi connectivity index (χ0) is 20.6. The monoisotopic (exact) mass is 544 g/mol. The van der Waals surface area contributed by atoms with Crippen LogP contribution in [0.25, 0.3) is 0 Å². The van der Waals surface area contributed by atoms with Crippen molar-refractivity contribution in [1.29, 1.82) is 0 Å². The fourth-order valence-corrected chi connectivity index (χ4v) is 4.62. The van der Waals surface area contributed by atoms with Crippen molar-refractivity contribution in [2.24, 2.45) is 12.0 Å². The first kappa shape index (κ1) is 24.8. The molecule has 9 heteroatoms. The van der Waals surface area contributed by atoms with Gasteiger partial charge in [0.05, 0.1) is 20.2 Å². The van der Waals surface area contributed by atoms with Gasteiger partial charge in [-0.15, -0.1) is 34.2 Å². The molecule has 1 aromatic carbocycles. The number of thioether (sulfide) groups is 1. The van der Waals surface area contributed by atoms with E-state index in [1.165, 1.54) is 25.0 Å². The molecule has 0 saturated heterocycles. The second-order valence-corrected chi connectivity index (χ2v) is 8.90. The molecule has 1 saturated carbocycles. The molecule has 0 amide bonds. The lowest BCUT2D eigenvalue weighted by molar-refractivity contribution is 0.414. The molecule has 1 aliphatic rings. The Kier molecular flexibility index (Phi) is 10.2. The van der Waals surface area contributed by atoms with Gasteiger partial charge >= 0.3 is 0 Å². The molecule has 0 radical (unpaired) electrons. The highest BCUT2D eigenvalue weighted by Crippen LogP contribution is 2.29. The standard InChI is InChI=1S/C21H32N6OS.HI/c1-5-29-19-11-8-17(12-19)24-21(23-14-20-26-25-15(2)27(20)3)22-13-16-6-9-18(28-4)10-7-16;/h6-7,9-10,17,19H,5,8,11-14H2,1-4H3,(H2,22,23,24);1H. The summed E-state index contributed by atoms with van der Waals surface area (Å²) in [6.45, 7) is 5.39. The zero-order valence-corrected chi connectivity index (χ0v) is 21.4. The number of aromatic nitrogens is 3. The minimum absolute atomic E-state index is 0. The molecular weight excluding hydrogens is 511 g/mol. The van der Waals surface area contributed by atoms with E-state index in [4.69, 9.17) is 9.73 Å². The van der Waals surface area contributed by atoms with E-state index in [9.17, 15) is 0 Å². The van der Waals surface area contributed by atoms with Gasteiger partial charge in [-0.1, -0.05) is 19.1 Å². The zero-order valence-electron chi connectivity index (χ0n) is 18.2. The number of nitrogens with zero attached hydrogens (tertiary/aromatic N) is 4. The van der Waals surface area contributed by atoms with Crippen LogP contribution < -0.4 is 15.4 Å². The van der Waals surface area contributed by atoms with Crippen LogP contribution in [0.15, 0.2) is 29.3 Å². The summed E-state index contributed by atoms with van der Waals surface area (Å²) in [6.07, 6.45) is 3.64. The molecule has 7 nitrogen and oxygen atoms in total. The first-order valence-electron chi connectivity index (χ1n) is 10.2. The number of hydrogen-bond acceptors (Lipinski definition) is 5. The van der Waals surface area contributed by atoms with Gasteiger partial charge in [-0.3, -0.25) is 0 Å². The summed E-state index contributed by atoms with van der Waals surface area (Å²) in [5, 5.41) is 16.2. The van der Waals surface area contributed by atoms with Gasteiger partial charge in [-0.05, 0) is 49.6 Å². The minimum atomic E-state index is 0. The van der Waals surface area contributed by atoms with Gasteiger partial charge in [-0.25, -0.2) is 4.99 Å². The van der Waals surface area contributed by atoms with Crippen LogP contribution in [0.3, 0.4) is 0 Å². The molecule has 1 fully saturated rings. The van der Waals surface area contributed by atoms with E-state index in [1.54, 1.807) is 7.11 Å². The quantitative estimate of drug-likeness (QED) is 0.300. The average molecular weight is 545 g/mol. The van der Waals surface area contributed by atoms with E-state index in [0.29, 0.717) is 19.1 Å². The maximum atomic E-state index is 5.24. The molecule has 166 valence electrons. The maximum absolute atomic E-state index is 5.24. The summed E-state index contributed by atoms with van der Waals surface area (Å²) in [4.78, 5) is 4.82. The highest BCUT2D eigenvalue weighted by Gasteiger charge is 2.25. The van der Waals surface area contributed by atoms with E-state index < -0.39 is 0 Å². The molecule has 1 heterocycles. The van der Waals surface area contributed by atoms with Gasteiger partial charge in [0.1, 0.15) is 11.6 Å². The van der Waals surface area contributed by atoms with E-state index in [2.05, 4.69) is 51.6 Å². The van der Waals surface area contributed by atoms with Crippen molar-refractivity contribution in [3.05, 3.63) is 41.5 Å². The molecular formula is C21H33IN6OS. The first-order valence-corrected chi connectivity index (χ1v) is 11.3. The van der Waals surface area contributed by atoms with Gasteiger partial charge in [0.15, 0.2) is 11.8 Å². The lowest BCUT2D eigenvalue weighted by Gasteiger charge is -2.18. The van der Waals surface area contributed by atoms with Crippen molar-refractivity contribution in [3.63, 3.8) is 0 Å². The number of guanidine groups is 1. The molecule has 2 aromatic rings. The molecule has 2 atom stereocenters. The smallest absolute Gasteiger partial charge is 0.192 e. The SMILES string of the molecule is CCSC1CCC(NC(=NCc2ccc(OC)cc2)NCc2nnc(C)n2C)C1.I. The van der Waals surface area contributed by atoms with E-state index in [1.807, 2.05) is 30.7 Å². The van der Waals surface area contributed by atoms with Crippen LogP contribution in [0.1, 0.15) is 43.4 Å². The fraction of sp³-hybridized carbons (Fsp3) is 0.571. The molecule has 1 aromatic heterocycles. The topological polar surface area (TPSA) is 76.4 Å². The number of rotatable bonds is 8. The first-order chi connectivity index (χ1) is 14.1. The van der Waals surface area contributed by atoms with Crippen LogP contribution in [0, 0.1) is 6.92 Å². The number of aryl methyl sites for hydroxylation is 1. The largest absolute Gasteiger partial charge is 0.497 e. The van der Waals surface area contributed by atoms with Gasteiger partial charge in [0.2, 0.25) is 0 Å². The molecule has 2 N–H and O–H groups in total. The number of methoxy groups -OCH3 is 1. The molecule has 2 unspecified atom stereocenters. The summed E-state index contributed by atoms with van der Waals surface area (Å²) < 4.78 is 7.23. The highest BCUT2D eigenvalue weighted by atomic mass is 127. The van der Waals surface area contributed by atoms with Gasteiger partial charge < -0.3 is 19.9 Å². The van der Waals surface area contributed by atoms with Crippen LogP contribution in [0.2, 0.25) is 0 Å². The Morgan fingerprint density at radius 2 is 2.03 bits per heavy atom. The van der Waals surface area contributed by atoms with Crippen LogP contribution in [0.4, 0.5) is 0 Å². The summed E-state index contributed by atoms with van der Waals surface area (Å²) >= 11 is 2.06. The van der Waals surface area contributed by atoms with Crippen molar-refractivity contribution in [2.75, 3.05) is 12.9 Å². The molecule has 0 bridgehead atoms. The Morgan fingerprint density at radius 1 is 1.27 bits per heavy atom. The summed E-state index contributed by atoms with van der Waals surface area (Å²) in [5.41, 5.74) is 1.15. The second kappa shape index (κ2) is 12.4. The number of nitrogens with one attached hydrogen (secondary N) is 2. The Bertz CT molecular complexity index is 810. The number of hydrogen-bond donors (Lipinski definition) is 2. The van der Waals surface area contributed by atoms with Gasteiger partial charge in [-0.2, -0.15) is 11.8 Å². The molecule has 30 heavy (non-hydrogen) atoms. The Morgan fingerprint density at radius 3 is 2.67 bits per heavy atom. The maximum Gasteiger partial charge on any atom is 0.192 e. The number of ether oxygens (including phenoxy) is 1. The molecule has 0 aliphatic heterocycles. The number of benzene rings is 1. The lowest BCUT2D eigenvalue weighted by atomic mass is 10.2. The van der Waals surface area contributed by atoms with Crippen LogP contribution >= 0.6 is 35.7 Å². The molecule has 3 rings (SSSR count). The average Bonchev–Trinajstić information content (AvgIpc) is 3.31. The van der Waals surface area contributed by atoms with Crippen LogP contribution in [0.5, 0.6) is 5.75 Å². The Hall–Kier alpha value is -1.49. The minimum Gasteiger partial charge on any atom is -0.497 e. The summed E-state index contributed by atoms with van der Waals surface area (Å²) in [6, 6.07) is 8.50. The molecule has 0 spiro atoms. The van der Waals surface area contributed by atoms with E-state index >= 15 is 0 Å². The van der Waals surface area contributed by atoms with Crippen molar-refractivity contribution in [3.8, 4) is 5.75 Å². The van der Waals surface area contributed by atoms with Crippen molar-refractivity contribution in [1.82, 2.24) is 25.4 Å². The lowest BCUT2D eigenvalue weighted by Crippen LogP contribution is -2.42. The number of halogens is 1. The van der Waals surface area contributed by atoms with Crippen LogP contribution in [-0.2, 0) is 20.1 Å². The van der Waals surface area contributed by atoms with Gasteiger partial charge in [0.25, 0.3) is 0 Å².